The standard InChI is InChI=1S/C26H39N7O2/c1-3-22-29-24(19-4-5-19)33(31-22)21-14-23(30-27-15-21)28-20-6-8-25(2,9-7-20)16-32-11-10-26(17-32)18-34-12-13-35-26/h14-15,19-20H,3-13,16-18H2,1-2H3,(H,28,30). The third kappa shape index (κ3) is 5.08. The number of anilines is 1. The zero-order valence-electron chi connectivity index (χ0n) is 21.2. The maximum Gasteiger partial charge on any atom is 0.151 e. The normalized spacial score (nSPS) is 31.8. The van der Waals surface area contributed by atoms with E-state index in [2.05, 4.69) is 40.3 Å². The Kier molecular flexibility index (Phi) is 6.26. The molecular weight excluding hydrogens is 442 g/mol. The smallest absolute Gasteiger partial charge is 0.151 e. The average molecular weight is 482 g/mol. The summed E-state index contributed by atoms with van der Waals surface area (Å²) in [5, 5.41) is 17.1. The van der Waals surface area contributed by atoms with Crippen LogP contribution in [0.5, 0.6) is 0 Å². The van der Waals surface area contributed by atoms with Crippen molar-refractivity contribution in [1.82, 2.24) is 29.9 Å². The molecule has 6 rings (SSSR count). The molecule has 2 aromatic rings. The van der Waals surface area contributed by atoms with Gasteiger partial charge in [0.2, 0.25) is 0 Å². The van der Waals surface area contributed by atoms with Gasteiger partial charge in [-0.3, -0.25) is 4.90 Å². The van der Waals surface area contributed by atoms with E-state index < -0.39 is 0 Å². The van der Waals surface area contributed by atoms with Gasteiger partial charge in [0.15, 0.2) is 11.6 Å². The van der Waals surface area contributed by atoms with Gasteiger partial charge < -0.3 is 14.8 Å². The summed E-state index contributed by atoms with van der Waals surface area (Å²) in [7, 11) is 0. The fraction of sp³-hybridized carbons (Fsp3) is 0.769. The van der Waals surface area contributed by atoms with Crippen molar-refractivity contribution >= 4 is 5.82 Å². The van der Waals surface area contributed by atoms with Crippen LogP contribution >= 0.6 is 0 Å². The first kappa shape index (κ1) is 23.3. The highest BCUT2D eigenvalue weighted by atomic mass is 16.6. The van der Waals surface area contributed by atoms with Crippen LogP contribution in [0.3, 0.4) is 0 Å². The number of likely N-dealkylation sites (tertiary alicyclic amines) is 1. The predicted molar refractivity (Wildman–Crippen MR) is 133 cm³/mol. The topological polar surface area (TPSA) is 90.2 Å². The molecule has 190 valence electrons. The van der Waals surface area contributed by atoms with Gasteiger partial charge in [-0.05, 0) is 50.4 Å². The molecule has 9 heteroatoms. The molecule has 4 aliphatic rings. The number of nitrogens with one attached hydrogen (secondary N) is 1. The van der Waals surface area contributed by atoms with Crippen molar-refractivity contribution in [2.45, 2.75) is 82.8 Å². The lowest BCUT2D eigenvalue weighted by atomic mass is 9.73. The number of hydrogen-bond acceptors (Lipinski definition) is 8. The summed E-state index contributed by atoms with van der Waals surface area (Å²) < 4.78 is 13.8. The molecule has 9 nitrogen and oxygen atoms in total. The molecule has 0 amide bonds. The van der Waals surface area contributed by atoms with Crippen molar-refractivity contribution < 1.29 is 9.47 Å². The molecule has 2 saturated heterocycles. The van der Waals surface area contributed by atoms with Crippen molar-refractivity contribution in [3.05, 3.63) is 23.9 Å². The van der Waals surface area contributed by atoms with Crippen LogP contribution in [0, 0.1) is 5.41 Å². The van der Waals surface area contributed by atoms with E-state index in [0.717, 1.165) is 88.3 Å². The Morgan fingerprint density at radius 1 is 1.14 bits per heavy atom. The second-order valence-electron chi connectivity index (χ2n) is 11.5. The van der Waals surface area contributed by atoms with Crippen LogP contribution in [-0.4, -0.2) is 81.0 Å². The zero-order chi connectivity index (χ0) is 23.9. The number of hydrogen-bond donors (Lipinski definition) is 1. The first-order valence-electron chi connectivity index (χ1n) is 13.5. The second-order valence-corrected chi connectivity index (χ2v) is 11.5. The van der Waals surface area contributed by atoms with Crippen LogP contribution < -0.4 is 5.32 Å². The summed E-state index contributed by atoms with van der Waals surface area (Å²) in [6, 6.07) is 2.51. The summed E-state index contributed by atoms with van der Waals surface area (Å²) >= 11 is 0. The Balaban J connectivity index is 1.05. The minimum atomic E-state index is -0.0571. The molecular formula is C26H39N7O2. The van der Waals surface area contributed by atoms with Crippen LogP contribution in [0.15, 0.2) is 12.3 Å². The maximum absolute atomic E-state index is 6.14. The fourth-order valence-corrected chi connectivity index (χ4v) is 6.14. The van der Waals surface area contributed by atoms with E-state index >= 15 is 0 Å². The molecule has 4 fully saturated rings. The molecule has 1 atom stereocenters. The third-order valence-electron chi connectivity index (χ3n) is 8.37. The lowest BCUT2D eigenvalue weighted by Crippen LogP contribution is -2.47. The summed E-state index contributed by atoms with van der Waals surface area (Å²) in [4.78, 5) is 7.37. The molecule has 0 aromatic carbocycles. The molecule has 1 spiro atoms. The minimum absolute atomic E-state index is 0.0571. The lowest BCUT2D eigenvalue weighted by Gasteiger charge is -2.41. The Morgan fingerprint density at radius 2 is 2.00 bits per heavy atom. The predicted octanol–water partition coefficient (Wildman–Crippen LogP) is 3.35. The van der Waals surface area contributed by atoms with E-state index in [9.17, 15) is 0 Å². The molecule has 0 bridgehead atoms. The maximum atomic E-state index is 6.14. The molecule has 0 radical (unpaired) electrons. The average Bonchev–Trinajstić information content (AvgIpc) is 3.52. The van der Waals surface area contributed by atoms with Crippen LogP contribution in [0.1, 0.15) is 76.4 Å². The number of rotatable bonds is 7. The monoisotopic (exact) mass is 481 g/mol. The molecule has 1 N–H and O–H groups in total. The Bertz CT molecular complexity index is 1020. The summed E-state index contributed by atoms with van der Waals surface area (Å²) in [5.41, 5.74) is 1.25. The first-order chi connectivity index (χ1) is 17.0. The summed E-state index contributed by atoms with van der Waals surface area (Å²) in [6.07, 6.45) is 10.9. The van der Waals surface area contributed by atoms with E-state index in [0.29, 0.717) is 17.4 Å². The van der Waals surface area contributed by atoms with E-state index in [-0.39, 0.29) is 5.60 Å². The van der Waals surface area contributed by atoms with E-state index in [4.69, 9.17) is 19.6 Å². The van der Waals surface area contributed by atoms with Crippen LogP contribution in [0.4, 0.5) is 5.82 Å². The second kappa shape index (κ2) is 9.41. The molecule has 2 aliphatic heterocycles. The van der Waals surface area contributed by atoms with Crippen LogP contribution in [-0.2, 0) is 15.9 Å². The van der Waals surface area contributed by atoms with Gasteiger partial charge in [-0.2, -0.15) is 10.2 Å². The van der Waals surface area contributed by atoms with Gasteiger partial charge in [0.1, 0.15) is 11.4 Å². The summed E-state index contributed by atoms with van der Waals surface area (Å²) in [6.45, 7) is 10.1. The van der Waals surface area contributed by atoms with E-state index in [1.807, 2.05) is 4.68 Å². The van der Waals surface area contributed by atoms with Gasteiger partial charge in [0.05, 0.1) is 31.7 Å². The highest BCUT2D eigenvalue weighted by molar-refractivity contribution is 5.44. The molecule has 1 unspecified atom stereocenters. The van der Waals surface area contributed by atoms with Gasteiger partial charge in [-0.15, -0.1) is 5.10 Å². The van der Waals surface area contributed by atoms with Gasteiger partial charge in [0, 0.05) is 44.1 Å². The number of aromatic nitrogens is 5. The molecule has 2 aliphatic carbocycles. The quantitative estimate of drug-likeness (QED) is 0.644. The number of nitrogens with zero attached hydrogens (tertiary/aromatic N) is 6. The highest BCUT2D eigenvalue weighted by Crippen LogP contribution is 2.41. The fourth-order valence-electron chi connectivity index (χ4n) is 6.14. The Labute approximate surface area is 208 Å². The molecule has 2 aromatic heterocycles. The summed E-state index contributed by atoms with van der Waals surface area (Å²) in [5.74, 6) is 3.34. The highest BCUT2D eigenvalue weighted by Gasteiger charge is 2.43. The van der Waals surface area contributed by atoms with Crippen molar-refractivity contribution in [2.24, 2.45) is 5.41 Å². The number of aryl methyl sites for hydroxylation is 1. The third-order valence-corrected chi connectivity index (χ3v) is 8.37. The minimum Gasteiger partial charge on any atom is -0.376 e. The Morgan fingerprint density at radius 3 is 2.74 bits per heavy atom. The van der Waals surface area contributed by atoms with E-state index in [1.54, 1.807) is 6.20 Å². The van der Waals surface area contributed by atoms with Crippen LogP contribution in [0.25, 0.3) is 5.69 Å². The van der Waals surface area contributed by atoms with E-state index in [1.165, 1.54) is 25.7 Å². The van der Waals surface area contributed by atoms with Gasteiger partial charge in [0.25, 0.3) is 0 Å². The van der Waals surface area contributed by atoms with Crippen LogP contribution in [0.2, 0.25) is 0 Å². The molecule has 4 heterocycles. The van der Waals surface area contributed by atoms with Crippen molar-refractivity contribution in [2.75, 3.05) is 44.8 Å². The molecule has 2 saturated carbocycles. The Hall–Kier alpha value is -2.10. The number of ether oxygens (including phenoxy) is 2. The zero-order valence-corrected chi connectivity index (χ0v) is 21.2. The van der Waals surface area contributed by atoms with Gasteiger partial charge >= 0.3 is 0 Å². The van der Waals surface area contributed by atoms with Gasteiger partial charge in [-0.1, -0.05) is 13.8 Å². The SMILES string of the molecule is CCc1nc(C2CC2)n(-c2cnnc(NC3CCC(C)(CN4CCC5(COCCO5)C4)CC3)c2)n1. The van der Waals surface area contributed by atoms with Crippen molar-refractivity contribution in [3.63, 3.8) is 0 Å². The van der Waals surface area contributed by atoms with Gasteiger partial charge in [-0.25, -0.2) is 9.67 Å². The lowest BCUT2D eigenvalue weighted by molar-refractivity contribution is -0.150. The van der Waals surface area contributed by atoms with Crippen molar-refractivity contribution in [3.8, 4) is 5.69 Å². The molecule has 35 heavy (non-hydrogen) atoms. The van der Waals surface area contributed by atoms with Crippen molar-refractivity contribution in [1.29, 1.82) is 0 Å². The first-order valence-corrected chi connectivity index (χ1v) is 13.5. The largest absolute Gasteiger partial charge is 0.376 e.